The van der Waals surface area contributed by atoms with Crippen molar-refractivity contribution in [3.8, 4) is 5.95 Å². The highest BCUT2D eigenvalue weighted by Gasteiger charge is 2.12. The van der Waals surface area contributed by atoms with Crippen LogP contribution in [0.25, 0.3) is 5.95 Å². The van der Waals surface area contributed by atoms with E-state index in [-0.39, 0.29) is 11.6 Å². The van der Waals surface area contributed by atoms with Crippen molar-refractivity contribution in [1.82, 2.24) is 19.7 Å². The molecule has 0 aliphatic carbocycles. The van der Waals surface area contributed by atoms with E-state index in [9.17, 15) is 10.1 Å². The third kappa shape index (κ3) is 3.43. The average molecular weight is 331 g/mol. The van der Waals surface area contributed by atoms with Gasteiger partial charge in [0, 0.05) is 22.5 Å². The van der Waals surface area contributed by atoms with E-state index in [1.165, 1.54) is 10.9 Å². The van der Waals surface area contributed by atoms with Gasteiger partial charge in [-0.25, -0.2) is 4.98 Å². The van der Waals surface area contributed by atoms with E-state index in [1.807, 2.05) is 12.1 Å². The predicted octanol–water partition coefficient (Wildman–Crippen LogP) is 3.28. The van der Waals surface area contributed by atoms with Crippen LogP contribution in [-0.2, 0) is 0 Å². The summed E-state index contributed by atoms with van der Waals surface area (Å²) in [4.78, 5) is 18.8. The Labute approximate surface area is 135 Å². The van der Waals surface area contributed by atoms with Crippen LogP contribution in [0, 0.1) is 17.0 Å². The number of nitrogens with one attached hydrogen (secondary N) is 1. The van der Waals surface area contributed by atoms with Gasteiger partial charge >= 0.3 is 5.69 Å². The topological polar surface area (TPSA) is 98.8 Å². The minimum atomic E-state index is -0.523. The number of hydrogen-bond donors (Lipinski definition) is 1. The number of nitrogens with zero attached hydrogens (tertiary/aromatic N) is 5. The zero-order valence-corrected chi connectivity index (χ0v) is 12.7. The molecule has 3 aromatic rings. The first kappa shape index (κ1) is 14.9. The van der Waals surface area contributed by atoms with Crippen molar-refractivity contribution in [3.05, 3.63) is 63.6 Å². The number of aromatic nitrogens is 4. The third-order valence-corrected chi connectivity index (χ3v) is 3.16. The van der Waals surface area contributed by atoms with Gasteiger partial charge in [-0.3, -0.25) is 10.1 Å². The lowest BCUT2D eigenvalue weighted by Gasteiger charge is -2.08. The molecule has 0 saturated carbocycles. The third-order valence-electron chi connectivity index (χ3n) is 2.92. The second-order valence-electron chi connectivity index (χ2n) is 4.73. The Balaban J connectivity index is 1.93. The molecule has 2 heterocycles. The summed E-state index contributed by atoms with van der Waals surface area (Å²) in [5.74, 6) is 0.774. The van der Waals surface area contributed by atoms with Crippen LogP contribution in [0.5, 0.6) is 0 Å². The number of hydrogen-bond acceptors (Lipinski definition) is 6. The molecule has 0 saturated heterocycles. The lowest BCUT2D eigenvalue weighted by atomic mass is 10.3. The first-order valence-electron chi connectivity index (χ1n) is 6.59. The predicted molar refractivity (Wildman–Crippen MR) is 85.3 cm³/mol. The molecule has 3 rings (SSSR count). The second-order valence-corrected chi connectivity index (χ2v) is 5.17. The van der Waals surface area contributed by atoms with Crippen LogP contribution in [0.15, 0.2) is 42.7 Å². The molecule has 23 heavy (non-hydrogen) atoms. The summed E-state index contributed by atoms with van der Waals surface area (Å²) >= 11 is 5.95. The molecule has 0 fully saturated rings. The van der Waals surface area contributed by atoms with Crippen molar-refractivity contribution < 1.29 is 4.92 Å². The maximum atomic E-state index is 10.7. The molecule has 0 atom stereocenters. The zero-order chi connectivity index (χ0) is 16.4. The fourth-order valence-corrected chi connectivity index (χ4v) is 2.14. The van der Waals surface area contributed by atoms with Gasteiger partial charge in [0.2, 0.25) is 0 Å². The van der Waals surface area contributed by atoms with Crippen LogP contribution in [-0.4, -0.2) is 24.7 Å². The molecule has 9 heteroatoms. The van der Waals surface area contributed by atoms with Crippen molar-refractivity contribution in [1.29, 1.82) is 0 Å². The highest BCUT2D eigenvalue weighted by molar-refractivity contribution is 6.30. The van der Waals surface area contributed by atoms with Gasteiger partial charge in [0.1, 0.15) is 18.2 Å². The highest BCUT2D eigenvalue weighted by atomic mass is 35.5. The van der Waals surface area contributed by atoms with Gasteiger partial charge in [-0.2, -0.15) is 14.8 Å². The van der Waals surface area contributed by atoms with Gasteiger partial charge in [0.05, 0.1) is 4.92 Å². The van der Waals surface area contributed by atoms with Gasteiger partial charge in [-0.05, 0) is 25.1 Å². The minimum absolute atomic E-state index is 0.126. The van der Waals surface area contributed by atoms with Crippen LogP contribution in [0.1, 0.15) is 5.69 Å². The van der Waals surface area contributed by atoms with Gasteiger partial charge in [-0.15, -0.1) is 0 Å². The summed E-state index contributed by atoms with van der Waals surface area (Å²) in [5.41, 5.74) is 1.34. The van der Waals surface area contributed by atoms with E-state index in [0.29, 0.717) is 16.5 Å². The maximum absolute atomic E-state index is 10.7. The SMILES string of the molecule is Cc1cc(Nc2cccc(Cl)c2)nc(-n2cc([N+](=O)[O-])cn2)n1. The average Bonchev–Trinajstić information content (AvgIpc) is 2.96. The Morgan fingerprint density at radius 1 is 1.30 bits per heavy atom. The molecule has 0 unspecified atom stereocenters. The van der Waals surface area contributed by atoms with Crippen molar-refractivity contribution >= 4 is 28.8 Å². The van der Waals surface area contributed by atoms with Crippen LogP contribution in [0.3, 0.4) is 0 Å². The van der Waals surface area contributed by atoms with Crippen molar-refractivity contribution in [2.75, 3.05) is 5.32 Å². The standard InChI is InChI=1S/C14H11ClN6O2/c1-9-5-13(18-11-4-2-3-10(15)6-11)19-14(17-9)20-8-12(7-16-20)21(22)23/h2-8H,1H3,(H,17,18,19). The molecule has 1 aromatic carbocycles. The normalized spacial score (nSPS) is 10.5. The summed E-state index contributed by atoms with van der Waals surface area (Å²) in [6.07, 6.45) is 2.41. The first-order chi connectivity index (χ1) is 11.0. The van der Waals surface area contributed by atoms with Crippen LogP contribution in [0.4, 0.5) is 17.2 Å². The lowest BCUT2D eigenvalue weighted by molar-refractivity contribution is -0.384. The van der Waals surface area contributed by atoms with Crippen LogP contribution in [0.2, 0.25) is 5.02 Å². The largest absolute Gasteiger partial charge is 0.340 e. The molecular formula is C14H11ClN6O2. The molecule has 0 aliphatic rings. The van der Waals surface area contributed by atoms with Crippen LogP contribution >= 0.6 is 11.6 Å². The van der Waals surface area contributed by atoms with Crippen molar-refractivity contribution in [2.24, 2.45) is 0 Å². The number of anilines is 2. The van der Waals surface area contributed by atoms with E-state index in [2.05, 4.69) is 20.4 Å². The molecule has 116 valence electrons. The Kier molecular flexibility index (Phi) is 3.90. The fraction of sp³-hybridized carbons (Fsp3) is 0.0714. The molecular weight excluding hydrogens is 320 g/mol. The molecule has 2 aromatic heterocycles. The number of benzene rings is 1. The van der Waals surface area contributed by atoms with Gasteiger partial charge in [0.25, 0.3) is 5.95 Å². The van der Waals surface area contributed by atoms with Gasteiger partial charge < -0.3 is 5.32 Å². The lowest BCUT2D eigenvalue weighted by Crippen LogP contribution is -2.05. The quantitative estimate of drug-likeness (QED) is 0.582. The zero-order valence-electron chi connectivity index (χ0n) is 12.0. The highest BCUT2D eigenvalue weighted by Crippen LogP contribution is 2.20. The number of nitro groups is 1. The Bertz CT molecular complexity index is 879. The smallest absolute Gasteiger partial charge is 0.307 e. The summed E-state index contributed by atoms with van der Waals surface area (Å²) in [5, 5.41) is 18.4. The van der Waals surface area contributed by atoms with Gasteiger partial charge in [0.15, 0.2) is 0 Å². The molecule has 0 spiro atoms. The Hall–Kier alpha value is -3.00. The first-order valence-corrected chi connectivity index (χ1v) is 6.97. The van der Waals surface area contributed by atoms with E-state index < -0.39 is 4.92 Å². The van der Waals surface area contributed by atoms with E-state index in [1.54, 1.807) is 25.1 Å². The maximum Gasteiger partial charge on any atom is 0.307 e. The number of rotatable bonds is 4. The summed E-state index contributed by atoms with van der Waals surface area (Å²) < 4.78 is 1.26. The van der Waals surface area contributed by atoms with Gasteiger partial charge in [-0.1, -0.05) is 17.7 Å². The Morgan fingerprint density at radius 3 is 2.83 bits per heavy atom. The molecule has 8 nitrogen and oxygen atoms in total. The van der Waals surface area contributed by atoms with E-state index in [4.69, 9.17) is 11.6 Å². The molecule has 1 N–H and O–H groups in total. The van der Waals surface area contributed by atoms with Crippen molar-refractivity contribution in [3.63, 3.8) is 0 Å². The van der Waals surface area contributed by atoms with Crippen LogP contribution < -0.4 is 5.32 Å². The summed E-state index contributed by atoms with van der Waals surface area (Å²) in [6, 6.07) is 8.95. The summed E-state index contributed by atoms with van der Waals surface area (Å²) in [6.45, 7) is 1.80. The molecule has 0 bridgehead atoms. The van der Waals surface area contributed by atoms with Crippen molar-refractivity contribution in [2.45, 2.75) is 6.92 Å². The number of aryl methyl sites for hydroxylation is 1. The molecule has 0 aliphatic heterocycles. The Morgan fingerprint density at radius 2 is 2.13 bits per heavy atom. The molecule has 0 amide bonds. The summed E-state index contributed by atoms with van der Waals surface area (Å²) in [7, 11) is 0. The molecule has 0 radical (unpaired) electrons. The number of halogens is 1. The minimum Gasteiger partial charge on any atom is -0.340 e. The second kappa shape index (κ2) is 6.01. The fourth-order valence-electron chi connectivity index (χ4n) is 1.95. The van der Waals surface area contributed by atoms with E-state index >= 15 is 0 Å². The monoisotopic (exact) mass is 330 g/mol. The van der Waals surface area contributed by atoms with E-state index in [0.717, 1.165) is 11.9 Å².